The summed E-state index contributed by atoms with van der Waals surface area (Å²) in [6, 6.07) is 1.92. The Labute approximate surface area is 66.2 Å². The SMILES string of the molecule is C=C(OCCO)C(C#N)=CC. The molecule has 3 nitrogen and oxygen atoms in total. The van der Waals surface area contributed by atoms with Crippen LogP contribution in [0, 0.1) is 11.3 Å². The van der Waals surface area contributed by atoms with E-state index in [1.807, 2.05) is 6.07 Å². The Hall–Kier alpha value is -1.27. The van der Waals surface area contributed by atoms with Crippen LogP contribution in [0.1, 0.15) is 6.92 Å². The molecule has 0 heterocycles. The zero-order valence-corrected chi connectivity index (χ0v) is 6.50. The van der Waals surface area contributed by atoms with Crippen molar-refractivity contribution in [2.75, 3.05) is 13.2 Å². The predicted octanol–water partition coefficient (Wildman–Crippen LogP) is 0.979. The van der Waals surface area contributed by atoms with E-state index in [0.29, 0.717) is 11.3 Å². The van der Waals surface area contributed by atoms with E-state index in [1.54, 1.807) is 13.0 Å². The number of allylic oxidation sites excluding steroid dienone is 2. The molecule has 3 heteroatoms. The highest BCUT2D eigenvalue weighted by Gasteiger charge is 1.99. The van der Waals surface area contributed by atoms with Crippen molar-refractivity contribution in [3.05, 3.63) is 24.0 Å². The first-order chi connectivity index (χ1) is 5.26. The van der Waals surface area contributed by atoms with Gasteiger partial charge in [0, 0.05) is 0 Å². The monoisotopic (exact) mass is 153 g/mol. The highest BCUT2D eigenvalue weighted by Crippen LogP contribution is 2.06. The maximum Gasteiger partial charge on any atom is 0.129 e. The van der Waals surface area contributed by atoms with Gasteiger partial charge in [0.1, 0.15) is 18.4 Å². The van der Waals surface area contributed by atoms with Crippen LogP contribution in [0.3, 0.4) is 0 Å². The van der Waals surface area contributed by atoms with E-state index in [9.17, 15) is 0 Å². The first-order valence-electron chi connectivity index (χ1n) is 3.25. The average molecular weight is 153 g/mol. The molecule has 0 saturated carbocycles. The van der Waals surface area contributed by atoms with Crippen LogP contribution in [0.2, 0.25) is 0 Å². The lowest BCUT2D eigenvalue weighted by molar-refractivity contribution is 0.151. The van der Waals surface area contributed by atoms with Gasteiger partial charge in [-0.15, -0.1) is 0 Å². The number of aliphatic hydroxyl groups excluding tert-OH is 1. The largest absolute Gasteiger partial charge is 0.490 e. The van der Waals surface area contributed by atoms with E-state index in [-0.39, 0.29) is 13.2 Å². The fourth-order valence-electron chi connectivity index (χ4n) is 0.534. The Kier molecular flexibility index (Phi) is 4.87. The van der Waals surface area contributed by atoms with Crippen molar-refractivity contribution in [1.29, 1.82) is 5.26 Å². The van der Waals surface area contributed by atoms with Gasteiger partial charge < -0.3 is 9.84 Å². The minimum atomic E-state index is -0.0680. The van der Waals surface area contributed by atoms with Crippen LogP contribution in [0.4, 0.5) is 0 Å². The van der Waals surface area contributed by atoms with E-state index in [4.69, 9.17) is 15.1 Å². The number of hydrogen-bond acceptors (Lipinski definition) is 3. The number of nitriles is 1. The molecule has 0 radical (unpaired) electrons. The lowest BCUT2D eigenvalue weighted by Gasteiger charge is -2.04. The number of hydrogen-bond donors (Lipinski definition) is 1. The topological polar surface area (TPSA) is 53.2 Å². The second-order valence-electron chi connectivity index (χ2n) is 1.81. The maximum atomic E-state index is 8.47. The smallest absolute Gasteiger partial charge is 0.129 e. The van der Waals surface area contributed by atoms with Crippen molar-refractivity contribution in [3.8, 4) is 6.07 Å². The summed E-state index contributed by atoms with van der Waals surface area (Å²) in [4.78, 5) is 0. The Morgan fingerprint density at radius 1 is 1.82 bits per heavy atom. The predicted molar refractivity (Wildman–Crippen MR) is 41.5 cm³/mol. The Morgan fingerprint density at radius 3 is 2.82 bits per heavy atom. The summed E-state index contributed by atoms with van der Waals surface area (Å²) in [5.74, 6) is 0.309. The van der Waals surface area contributed by atoms with E-state index >= 15 is 0 Å². The average Bonchev–Trinajstić information content (AvgIpc) is 2.03. The van der Waals surface area contributed by atoms with Gasteiger partial charge in [-0.3, -0.25) is 0 Å². The summed E-state index contributed by atoms with van der Waals surface area (Å²) in [6.07, 6.45) is 1.61. The van der Waals surface area contributed by atoms with Crippen LogP contribution in [0.5, 0.6) is 0 Å². The van der Waals surface area contributed by atoms with Crippen LogP contribution < -0.4 is 0 Å². The fourth-order valence-corrected chi connectivity index (χ4v) is 0.534. The molecule has 0 aliphatic carbocycles. The highest BCUT2D eigenvalue weighted by atomic mass is 16.5. The molecule has 0 bridgehead atoms. The lowest BCUT2D eigenvalue weighted by Crippen LogP contribution is -1.99. The molecule has 0 aromatic rings. The summed E-state index contributed by atoms with van der Waals surface area (Å²) in [6.45, 7) is 5.35. The van der Waals surface area contributed by atoms with Crippen LogP contribution >= 0.6 is 0 Å². The molecule has 0 aliphatic rings. The lowest BCUT2D eigenvalue weighted by atomic mass is 10.2. The number of rotatable bonds is 4. The van der Waals surface area contributed by atoms with Crippen molar-refractivity contribution < 1.29 is 9.84 Å². The van der Waals surface area contributed by atoms with Gasteiger partial charge in [-0.2, -0.15) is 5.26 Å². The van der Waals surface area contributed by atoms with E-state index in [2.05, 4.69) is 6.58 Å². The van der Waals surface area contributed by atoms with Gasteiger partial charge in [0.25, 0.3) is 0 Å². The summed E-state index contributed by atoms with van der Waals surface area (Å²) in [5.41, 5.74) is 0.401. The molecule has 1 N–H and O–H groups in total. The molecular formula is C8H11NO2. The van der Waals surface area contributed by atoms with Gasteiger partial charge in [0.15, 0.2) is 0 Å². The molecule has 0 spiro atoms. The molecule has 0 rings (SSSR count). The van der Waals surface area contributed by atoms with E-state index < -0.39 is 0 Å². The minimum absolute atomic E-state index is 0.0680. The van der Waals surface area contributed by atoms with Crippen LogP contribution in [0.25, 0.3) is 0 Å². The van der Waals surface area contributed by atoms with Crippen LogP contribution in [-0.2, 0) is 4.74 Å². The standard InChI is InChI=1S/C8H11NO2/c1-3-8(6-9)7(2)11-5-4-10/h3,10H,2,4-5H2,1H3. The second kappa shape index (κ2) is 5.51. The molecule has 0 aromatic carbocycles. The minimum Gasteiger partial charge on any atom is -0.490 e. The molecular weight excluding hydrogens is 142 g/mol. The third-order valence-corrected chi connectivity index (χ3v) is 1.08. The third kappa shape index (κ3) is 3.43. The van der Waals surface area contributed by atoms with Gasteiger partial charge >= 0.3 is 0 Å². The fraction of sp³-hybridized carbons (Fsp3) is 0.375. The molecule has 0 aromatic heterocycles. The van der Waals surface area contributed by atoms with Crippen molar-refractivity contribution in [2.24, 2.45) is 0 Å². The van der Waals surface area contributed by atoms with Gasteiger partial charge in [-0.05, 0) is 6.92 Å². The van der Waals surface area contributed by atoms with Crippen LogP contribution in [0.15, 0.2) is 24.0 Å². The number of nitrogens with zero attached hydrogens (tertiary/aromatic N) is 1. The molecule has 60 valence electrons. The zero-order valence-electron chi connectivity index (χ0n) is 6.50. The summed E-state index contributed by atoms with van der Waals surface area (Å²) in [5, 5.41) is 16.8. The third-order valence-electron chi connectivity index (χ3n) is 1.08. The van der Waals surface area contributed by atoms with Crippen LogP contribution in [-0.4, -0.2) is 18.3 Å². The summed E-state index contributed by atoms with van der Waals surface area (Å²) >= 11 is 0. The van der Waals surface area contributed by atoms with Crippen molar-refractivity contribution in [2.45, 2.75) is 6.92 Å². The summed E-state index contributed by atoms with van der Waals surface area (Å²) in [7, 11) is 0. The molecule has 0 unspecified atom stereocenters. The van der Waals surface area contributed by atoms with Gasteiger partial charge in [-0.1, -0.05) is 12.7 Å². The number of ether oxygens (including phenoxy) is 1. The molecule has 11 heavy (non-hydrogen) atoms. The first kappa shape index (κ1) is 9.73. The van der Waals surface area contributed by atoms with Gasteiger partial charge in [-0.25, -0.2) is 0 Å². The van der Waals surface area contributed by atoms with Crippen molar-refractivity contribution in [1.82, 2.24) is 0 Å². The Balaban J connectivity index is 3.94. The quantitative estimate of drug-likeness (QED) is 0.372. The van der Waals surface area contributed by atoms with E-state index in [1.165, 1.54) is 0 Å². The Bertz CT molecular complexity index is 201. The summed E-state index contributed by atoms with van der Waals surface area (Å²) < 4.78 is 4.90. The van der Waals surface area contributed by atoms with Crippen molar-refractivity contribution in [3.63, 3.8) is 0 Å². The normalized spacial score (nSPS) is 10.5. The zero-order chi connectivity index (χ0) is 8.69. The first-order valence-corrected chi connectivity index (χ1v) is 3.25. The molecule has 0 atom stereocenters. The Morgan fingerprint density at radius 2 is 2.45 bits per heavy atom. The number of aliphatic hydroxyl groups is 1. The molecule has 0 amide bonds. The van der Waals surface area contributed by atoms with Gasteiger partial charge in [0.05, 0.1) is 12.2 Å². The second-order valence-corrected chi connectivity index (χ2v) is 1.81. The molecule has 0 fully saturated rings. The highest BCUT2D eigenvalue weighted by molar-refractivity contribution is 5.35. The maximum absolute atomic E-state index is 8.47. The molecule has 0 saturated heterocycles. The molecule has 0 aliphatic heterocycles. The van der Waals surface area contributed by atoms with Gasteiger partial charge in [0.2, 0.25) is 0 Å². The van der Waals surface area contributed by atoms with E-state index in [0.717, 1.165) is 0 Å². The van der Waals surface area contributed by atoms with Crippen molar-refractivity contribution >= 4 is 0 Å².